The second-order valence-electron chi connectivity index (χ2n) is 5.95. The molecule has 0 atom stereocenters. The summed E-state index contributed by atoms with van der Waals surface area (Å²) in [4.78, 5) is 4.42. The van der Waals surface area contributed by atoms with Crippen molar-refractivity contribution in [2.75, 3.05) is 20.8 Å². The number of hydrogen-bond donors (Lipinski definition) is 2. The second kappa shape index (κ2) is 7.20. The minimum atomic E-state index is -0.150. The maximum absolute atomic E-state index is 5.86. The summed E-state index contributed by atoms with van der Waals surface area (Å²) in [5.41, 5.74) is 6.83. The van der Waals surface area contributed by atoms with Gasteiger partial charge in [-0.2, -0.15) is 0 Å². The average molecular weight is 293 g/mol. The predicted octanol–water partition coefficient (Wildman–Crippen LogP) is 2.29. The van der Waals surface area contributed by atoms with Crippen LogP contribution in [0.5, 0.6) is 11.5 Å². The highest BCUT2D eigenvalue weighted by molar-refractivity contribution is 5.78. The van der Waals surface area contributed by atoms with Crippen molar-refractivity contribution in [2.45, 2.75) is 39.2 Å². The standard InChI is InChI=1S/C16H27N3O2/c1-11(2)19-15(17)18-10-16(3,4)12-7-8-13(20-5)14(9-12)21-6/h7-9,11H,10H2,1-6H3,(H3,17,18,19). The summed E-state index contributed by atoms with van der Waals surface area (Å²) in [5.74, 6) is 1.92. The maximum Gasteiger partial charge on any atom is 0.188 e. The van der Waals surface area contributed by atoms with Gasteiger partial charge in [-0.15, -0.1) is 0 Å². The first-order valence-electron chi connectivity index (χ1n) is 7.09. The van der Waals surface area contributed by atoms with Crippen LogP contribution in [0.1, 0.15) is 33.3 Å². The van der Waals surface area contributed by atoms with E-state index < -0.39 is 0 Å². The van der Waals surface area contributed by atoms with Crippen molar-refractivity contribution in [1.29, 1.82) is 0 Å². The lowest BCUT2D eigenvalue weighted by Gasteiger charge is -2.24. The van der Waals surface area contributed by atoms with E-state index in [9.17, 15) is 0 Å². The van der Waals surface area contributed by atoms with Crippen molar-refractivity contribution < 1.29 is 9.47 Å². The lowest BCUT2D eigenvalue weighted by Crippen LogP contribution is -2.38. The highest BCUT2D eigenvalue weighted by Gasteiger charge is 2.22. The Morgan fingerprint density at radius 3 is 2.38 bits per heavy atom. The highest BCUT2D eigenvalue weighted by atomic mass is 16.5. The molecule has 0 spiro atoms. The Morgan fingerprint density at radius 2 is 1.86 bits per heavy atom. The predicted molar refractivity (Wildman–Crippen MR) is 87.3 cm³/mol. The molecular formula is C16H27N3O2. The van der Waals surface area contributed by atoms with E-state index in [0.29, 0.717) is 12.5 Å². The van der Waals surface area contributed by atoms with Crippen LogP contribution in [0.25, 0.3) is 0 Å². The molecule has 0 radical (unpaired) electrons. The SMILES string of the molecule is COc1ccc(C(C)(C)CN=C(N)NC(C)C)cc1OC. The van der Waals surface area contributed by atoms with E-state index in [4.69, 9.17) is 15.2 Å². The van der Waals surface area contributed by atoms with Gasteiger partial charge in [0, 0.05) is 11.5 Å². The molecule has 21 heavy (non-hydrogen) atoms. The second-order valence-corrected chi connectivity index (χ2v) is 5.95. The Hall–Kier alpha value is -1.91. The molecular weight excluding hydrogens is 266 g/mol. The van der Waals surface area contributed by atoms with E-state index >= 15 is 0 Å². The first kappa shape index (κ1) is 17.1. The van der Waals surface area contributed by atoms with Crippen molar-refractivity contribution in [2.24, 2.45) is 10.7 Å². The average Bonchev–Trinajstić information content (AvgIpc) is 2.43. The van der Waals surface area contributed by atoms with Crippen LogP contribution in [0.2, 0.25) is 0 Å². The summed E-state index contributed by atoms with van der Waals surface area (Å²) in [6.07, 6.45) is 0. The van der Waals surface area contributed by atoms with Crippen molar-refractivity contribution >= 4 is 5.96 Å². The summed E-state index contributed by atoms with van der Waals surface area (Å²) in [6.45, 7) is 8.90. The van der Waals surface area contributed by atoms with Gasteiger partial charge in [-0.1, -0.05) is 19.9 Å². The Balaban J connectivity index is 2.92. The van der Waals surface area contributed by atoms with Gasteiger partial charge in [0.2, 0.25) is 0 Å². The maximum atomic E-state index is 5.86. The molecule has 1 rings (SSSR count). The van der Waals surface area contributed by atoms with Crippen LogP contribution in [-0.4, -0.2) is 32.8 Å². The van der Waals surface area contributed by atoms with E-state index in [1.54, 1.807) is 14.2 Å². The van der Waals surface area contributed by atoms with Crippen LogP contribution in [0, 0.1) is 0 Å². The lowest BCUT2D eigenvalue weighted by molar-refractivity contribution is 0.353. The molecule has 0 unspecified atom stereocenters. The molecule has 5 nitrogen and oxygen atoms in total. The fraction of sp³-hybridized carbons (Fsp3) is 0.562. The van der Waals surface area contributed by atoms with Crippen molar-refractivity contribution in [3.05, 3.63) is 23.8 Å². The molecule has 0 amide bonds. The third-order valence-electron chi connectivity index (χ3n) is 3.25. The van der Waals surface area contributed by atoms with Crippen molar-refractivity contribution in [3.63, 3.8) is 0 Å². The van der Waals surface area contributed by atoms with E-state index in [1.807, 2.05) is 32.0 Å². The van der Waals surface area contributed by atoms with Gasteiger partial charge >= 0.3 is 0 Å². The molecule has 0 aromatic heterocycles. The fourth-order valence-corrected chi connectivity index (χ4v) is 1.97. The third-order valence-corrected chi connectivity index (χ3v) is 3.25. The Kier molecular flexibility index (Phi) is 5.88. The van der Waals surface area contributed by atoms with Gasteiger partial charge in [-0.25, -0.2) is 0 Å². The third kappa shape index (κ3) is 4.85. The number of nitrogens with one attached hydrogen (secondary N) is 1. The van der Waals surface area contributed by atoms with E-state index in [-0.39, 0.29) is 11.5 Å². The molecule has 5 heteroatoms. The smallest absolute Gasteiger partial charge is 0.188 e. The number of nitrogens with zero attached hydrogens (tertiary/aromatic N) is 1. The topological polar surface area (TPSA) is 68.9 Å². The number of ether oxygens (including phenoxy) is 2. The highest BCUT2D eigenvalue weighted by Crippen LogP contribution is 2.33. The van der Waals surface area contributed by atoms with Crippen LogP contribution in [0.4, 0.5) is 0 Å². The van der Waals surface area contributed by atoms with Crippen LogP contribution in [0.3, 0.4) is 0 Å². The fourth-order valence-electron chi connectivity index (χ4n) is 1.97. The summed E-state index contributed by atoms with van der Waals surface area (Å²) in [6, 6.07) is 6.21. The first-order chi connectivity index (χ1) is 9.80. The molecule has 0 saturated carbocycles. The zero-order chi connectivity index (χ0) is 16.0. The van der Waals surface area contributed by atoms with Gasteiger partial charge in [0.05, 0.1) is 20.8 Å². The van der Waals surface area contributed by atoms with E-state index in [2.05, 4.69) is 24.2 Å². The van der Waals surface area contributed by atoms with Gasteiger partial charge in [-0.3, -0.25) is 4.99 Å². The molecule has 0 bridgehead atoms. The minimum Gasteiger partial charge on any atom is -0.493 e. The molecule has 0 aliphatic carbocycles. The number of guanidine groups is 1. The Labute approximate surface area is 127 Å². The van der Waals surface area contributed by atoms with E-state index in [1.165, 1.54) is 0 Å². The zero-order valence-corrected chi connectivity index (χ0v) is 13.9. The minimum absolute atomic E-state index is 0.150. The molecule has 0 aliphatic heterocycles. The molecule has 0 aliphatic rings. The van der Waals surface area contributed by atoms with Crippen molar-refractivity contribution in [3.8, 4) is 11.5 Å². The van der Waals surface area contributed by atoms with Crippen LogP contribution in [-0.2, 0) is 5.41 Å². The molecule has 0 saturated heterocycles. The van der Waals surface area contributed by atoms with Crippen LogP contribution < -0.4 is 20.5 Å². The lowest BCUT2D eigenvalue weighted by atomic mass is 9.84. The Bertz CT molecular complexity index is 496. The normalized spacial score (nSPS) is 12.4. The number of rotatable bonds is 6. The molecule has 1 aromatic carbocycles. The van der Waals surface area contributed by atoms with Gasteiger partial charge < -0.3 is 20.5 Å². The van der Waals surface area contributed by atoms with Crippen molar-refractivity contribution in [1.82, 2.24) is 5.32 Å². The van der Waals surface area contributed by atoms with Crippen LogP contribution in [0.15, 0.2) is 23.2 Å². The Morgan fingerprint density at radius 1 is 1.24 bits per heavy atom. The molecule has 0 fully saturated rings. The molecule has 118 valence electrons. The van der Waals surface area contributed by atoms with Gasteiger partial charge in [0.25, 0.3) is 0 Å². The van der Waals surface area contributed by atoms with Gasteiger partial charge in [0.15, 0.2) is 17.5 Å². The van der Waals surface area contributed by atoms with E-state index in [0.717, 1.165) is 17.1 Å². The monoisotopic (exact) mass is 293 g/mol. The molecule has 0 heterocycles. The summed E-state index contributed by atoms with van der Waals surface area (Å²) >= 11 is 0. The number of methoxy groups -OCH3 is 2. The quantitative estimate of drug-likeness (QED) is 0.624. The first-order valence-corrected chi connectivity index (χ1v) is 7.09. The number of hydrogen-bond acceptors (Lipinski definition) is 3. The summed E-state index contributed by atoms with van der Waals surface area (Å²) < 4.78 is 10.6. The summed E-state index contributed by atoms with van der Waals surface area (Å²) in [7, 11) is 3.27. The summed E-state index contributed by atoms with van der Waals surface area (Å²) in [5, 5.41) is 3.09. The largest absolute Gasteiger partial charge is 0.493 e. The molecule has 1 aromatic rings. The number of nitrogens with two attached hydrogens (primary N) is 1. The van der Waals surface area contributed by atoms with Gasteiger partial charge in [-0.05, 0) is 31.5 Å². The zero-order valence-electron chi connectivity index (χ0n) is 13.9. The molecule has 3 N–H and O–H groups in total. The number of aliphatic imine (C=N–C) groups is 1. The van der Waals surface area contributed by atoms with Gasteiger partial charge in [0.1, 0.15) is 0 Å². The number of benzene rings is 1. The van der Waals surface area contributed by atoms with Crippen LogP contribution >= 0.6 is 0 Å².